The van der Waals surface area contributed by atoms with Gasteiger partial charge in [-0.2, -0.15) is 0 Å². The van der Waals surface area contributed by atoms with Crippen LogP contribution in [-0.4, -0.2) is 21.4 Å². The third kappa shape index (κ3) is 4.81. The van der Waals surface area contributed by atoms with Crippen LogP contribution in [0.5, 0.6) is 0 Å². The molecule has 0 spiro atoms. The number of carbonyl (C=O) groups excluding carboxylic acids is 2. The van der Waals surface area contributed by atoms with Gasteiger partial charge in [-0.25, -0.2) is 9.78 Å². The quantitative estimate of drug-likeness (QED) is 0.392. The summed E-state index contributed by atoms with van der Waals surface area (Å²) in [5.74, 6) is -0.894. The Kier molecular flexibility index (Phi) is 6.57. The summed E-state index contributed by atoms with van der Waals surface area (Å²) in [5, 5.41) is 3.62. The molecule has 9 heteroatoms. The molecule has 33 heavy (non-hydrogen) atoms. The Morgan fingerprint density at radius 2 is 1.85 bits per heavy atom. The van der Waals surface area contributed by atoms with Gasteiger partial charge in [-0.1, -0.05) is 41.9 Å². The Hall–Kier alpha value is -3.49. The molecule has 0 saturated carbocycles. The van der Waals surface area contributed by atoms with Gasteiger partial charge < -0.3 is 10.1 Å². The van der Waals surface area contributed by atoms with Crippen LogP contribution in [0.3, 0.4) is 0 Å². The van der Waals surface area contributed by atoms with Gasteiger partial charge in [0.1, 0.15) is 22.4 Å². The van der Waals surface area contributed by atoms with Crippen molar-refractivity contribution in [1.29, 1.82) is 0 Å². The molecule has 2 aromatic carbocycles. The number of aromatic nitrogens is 2. The van der Waals surface area contributed by atoms with Crippen LogP contribution in [-0.2, 0) is 16.1 Å². The van der Waals surface area contributed by atoms with E-state index >= 15 is 0 Å². The summed E-state index contributed by atoms with van der Waals surface area (Å²) < 4.78 is 6.67. The lowest BCUT2D eigenvalue weighted by molar-refractivity contribution is -0.118. The Bertz CT molecular complexity index is 1380. The molecule has 1 unspecified atom stereocenters. The largest absolute Gasteiger partial charge is 0.457 e. The van der Waals surface area contributed by atoms with Crippen LogP contribution >= 0.6 is 22.9 Å². The van der Waals surface area contributed by atoms with Gasteiger partial charge in [-0.05, 0) is 49.2 Å². The number of nitrogens with one attached hydrogen (secondary N) is 1. The number of hydrogen-bond acceptors (Lipinski definition) is 6. The molecule has 1 amide bonds. The van der Waals surface area contributed by atoms with E-state index < -0.39 is 17.6 Å². The summed E-state index contributed by atoms with van der Waals surface area (Å²) in [7, 11) is 0. The Morgan fingerprint density at radius 1 is 1.15 bits per heavy atom. The van der Waals surface area contributed by atoms with E-state index in [4.69, 9.17) is 16.3 Å². The second-order valence-electron chi connectivity index (χ2n) is 7.43. The van der Waals surface area contributed by atoms with Gasteiger partial charge in [0.2, 0.25) is 5.91 Å². The number of esters is 1. The highest BCUT2D eigenvalue weighted by Gasteiger charge is 2.23. The zero-order valence-corrected chi connectivity index (χ0v) is 19.4. The summed E-state index contributed by atoms with van der Waals surface area (Å²) in [6, 6.07) is 15.2. The number of benzene rings is 2. The van der Waals surface area contributed by atoms with Gasteiger partial charge in [0.15, 0.2) is 0 Å². The average molecular weight is 482 g/mol. The molecule has 0 bridgehead atoms. The number of thiophene rings is 1. The molecule has 0 aliphatic carbocycles. The molecule has 4 rings (SSSR count). The van der Waals surface area contributed by atoms with E-state index in [1.807, 2.05) is 30.3 Å². The standard InChI is InChI=1S/C24H20ClN3O4S/c1-14-19-22(33-20(14)24(31)32-12-16-6-4-3-5-7-16)26-13-28(23(19)30)15(2)21(29)27-18-10-8-17(25)9-11-18/h3-11,13,15H,12H2,1-2H3,(H,27,29). The highest BCUT2D eigenvalue weighted by molar-refractivity contribution is 7.20. The van der Waals surface area contributed by atoms with Crippen molar-refractivity contribution in [2.45, 2.75) is 26.5 Å². The lowest BCUT2D eigenvalue weighted by Gasteiger charge is -2.15. The zero-order chi connectivity index (χ0) is 23.5. The van der Waals surface area contributed by atoms with Crippen molar-refractivity contribution in [3.63, 3.8) is 0 Å². The fourth-order valence-corrected chi connectivity index (χ4v) is 4.46. The SMILES string of the molecule is Cc1c(C(=O)OCc2ccccc2)sc2ncn(C(C)C(=O)Nc3ccc(Cl)cc3)c(=O)c12. The fraction of sp³-hybridized carbons (Fsp3) is 0.167. The number of fused-ring (bicyclic) bond motifs is 1. The predicted octanol–water partition coefficient (Wildman–Crippen LogP) is 4.98. The molecule has 0 radical (unpaired) electrons. The number of amides is 1. The molecule has 1 atom stereocenters. The Balaban J connectivity index is 1.57. The number of halogens is 1. The predicted molar refractivity (Wildman–Crippen MR) is 129 cm³/mol. The summed E-state index contributed by atoms with van der Waals surface area (Å²) in [5.41, 5.74) is 1.53. The molecular formula is C24H20ClN3O4S. The van der Waals surface area contributed by atoms with E-state index in [0.717, 1.165) is 16.9 Å². The van der Waals surface area contributed by atoms with Crippen LogP contribution in [0.25, 0.3) is 10.2 Å². The molecule has 0 fully saturated rings. The van der Waals surface area contributed by atoms with Crippen LogP contribution < -0.4 is 10.9 Å². The highest BCUT2D eigenvalue weighted by Crippen LogP contribution is 2.28. The maximum Gasteiger partial charge on any atom is 0.349 e. The number of hydrogen-bond donors (Lipinski definition) is 1. The van der Waals surface area contributed by atoms with Gasteiger partial charge in [-0.3, -0.25) is 14.2 Å². The molecule has 2 heterocycles. The van der Waals surface area contributed by atoms with Crippen molar-refractivity contribution in [3.05, 3.63) is 92.3 Å². The van der Waals surface area contributed by atoms with Crippen LogP contribution in [0, 0.1) is 6.92 Å². The minimum atomic E-state index is -0.821. The summed E-state index contributed by atoms with van der Waals surface area (Å²) >= 11 is 6.98. The Morgan fingerprint density at radius 3 is 2.55 bits per heavy atom. The number of rotatable bonds is 6. The summed E-state index contributed by atoms with van der Waals surface area (Å²) in [4.78, 5) is 43.6. The first-order chi connectivity index (χ1) is 15.8. The lowest BCUT2D eigenvalue weighted by Crippen LogP contribution is -2.31. The summed E-state index contributed by atoms with van der Waals surface area (Å²) in [6.45, 7) is 3.42. The van der Waals surface area contributed by atoms with Crippen LogP contribution in [0.1, 0.15) is 33.8 Å². The number of nitrogens with zero attached hydrogens (tertiary/aromatic N) is 2. The molecule has 7 nitrogen and oxygen atoms in total. The first kappa shape index (κ1) is 22.7. The first-order valence-corrected chi connectivity index (χ1v) is 11.3. The van der Waals surface area contributed by atoms with Crippen molar-refractivity contribution in [1.82, 2.24) is 9.55 Å². The molecule has 0 aliphatic heterocycles. The smallest absolute Gasteiger partial charge is 0.349 e. The van der Waals surface area contributed by atoms with Gasteiger partial charge >= 0.3 is 5.97 Å². The molecule has 0 saturated heterocycles. The topological polar surface area (TPSA) is 90.3 Å². The van der Waals surface area contributed by atoms with Gasteiger partial charge in [-0.15, -0.1) is 11.3 Å². The Labute approximate surface area is 198 Å². The van der Waals surface area contributed by atoms with Crippen LogP contribution in [0.2, 0.25) is 5.02 Å². The second kappa shape index (κ2) is 9.56. The molecule has 0 aliphatic rings. The van der Waals surface area contributed by atoms with Crippen LogP contribution in [0.4, 0.5) is 5.69 Å². The van der Waals surface area contributed by atoms with Crippen LogP contribution in [0.15, 0.2) is 65.7 Å². The minimum absolute atomic E-state index is 0.132. The third-order valence-electron chi connectivity index (χ3n) is 5.18. The lowest BCUT2D eigenvalue weighted by atomic mass is 10.2. The van der Waals surface area contributed by atoms with Gasteiger partial charge in [0, 0.05) is 10.7 Å². The average Bonchev–Trinajstić information content (AvgIpc) is 3.16. The van der Waals surface area contributed by atoms with Crippen molar-refractivity contribution in [2.24, 2.45) is 0 Å². The molecule has 2 aromatic heterocycles. The van der Waals surface area contributed by atoms with E-state index in [0.29, 0.717) is 31.4 Å². The third-order valence-corrected chi connectivity index (χ3v) is 6.61. The van der Waals surface area contributed by atoms with Gasteiger partial charge in [0.25, 0.3) is 5.56 Å². The normalized spacial score (nSPS) is 11.8. The number of anilines is 1. The highest BCUT2D eigenvalue weighted by atomic mass is 35.5. The maximum absolute atomic E-state index is 13.2. The number of ether oxygens (including phenoxy) is 1. The van der Waals surface area contributed by atoms with E-state index in [2.05, 4.69) is 10.3 Å². The monoisotopic (exact) mass is 481 g/mol. The maximum atomic E-state index is 13.2. The van der Waals surface area contributed by atoms with Crippen molar-refractivity contribution >= 4 is 50.7 Å². The fourth-order valence-electron chi connectivity index (χ4n) is 3.30. The minimum Gasteiger partial charge on any atom is -0.457 e. The van der Waals surface area contributed by atoms with Crippen molar-refractivity contribution < 1.29 is 14.3 Å². The number of aryl methyl sites for hydroxylation is 1. The number of carbonyl (C=O) groups is 2. The second-order valence-corrected chi connectivity index (χ2v) is 8.86. The van der Waals surface area contributed by atoms with E-state index in [1.165, 1.54) is 10.9 Å². The molecule has 168 valence electrons. The van der Waals surface area contributed by atoms with Crippen molar-refractivity contribution in [2.75, 3.05) is 5.32 Å². The zero-order valence-electron chi connectivity index (χ0n) is 17.9. The van der Waals surface area contributed by atoms with E-state index in [9.17, 15) is 14.4 Å². The molecule has 4 aromatic rings. The molecule has 1 N–H and O–H groups in total. The first-order valence-electron chi connectivity index (χ1n) is 10.1. The summed E-state index contributed by atoms with van der Waals surface area (Å²) in [6.07, 6.45) is 1.33. The van der Waals surface area contributed by atoms with E-state index in [-0.39, 0.29) is 12.5 Å². The van der Waals surface area contributed by atoms with E-state index in [1.54, 1.807) is 38.1 Å². The van der Waals surface area contributed by atoms with Gasteiger partial charge in [0.05, 0.1) is 11.7 Å². The van der Waals surface area contributed by atoms with Crippen molar-refractivity contribution in [3.8, 4) is 0 Å². The molecular weight excluding hydrogens is 462 g/mol.